The Bertz CT molecular complexity index is 555. The number of rotatable bonds is 3. The lowest BCUT2D eigenvalue weighted by atomic mass is 9.94. The molecular weight excluding hydrogens is 357 g/mol. The largest absolute Gasteiger partial charge is 0.398 e. The number of halogens is 2. The molecule has 6 heteroatoms. The molecule has 0 aliphatic carbocycles. The van der Waals surface area contributed by atoms with Crippen LogP contribution in [0, 0.1) is 5.92 Å². The van der Waals surface area contributed by atoms with Crippen LogP contribution in [0.3, 0.4) is 0 Å². The van der Waals surface area contributed by atoms with Crippen molar-refractivity contribution in [2.45, 2.75) is 45.1 Å². The monoisotopic (exact) mass is 387 g/mol. The number of piperidine rings is 2. The molecule has 2 N–H and O–H groups in total. The number of nitrogens with zero attached hydrogens (tertiary/aromatic N) is 2. The molecule has 2 unspecified atom stereocenters. The van der Waals surface area contributed by atoms with Crippen LogP contribution >= 0.6 is 24.8 Å². The molecule has 4 nitrogen and oxygen atoms in total. The molecule has 2 fully saturated rings. The highest BCUT2D eigenvalue weighted by atomic mass is 35.5. The summed E-state index contributed by atoms with van der Waals surface area (Å²) in [7, 11) is 0. The molecule has 2 aliphatic rings. The molecule has 142 valence electrons. The number of nitrogens with two attached hydrogens (primary N) is 1. The van der Waals surface area contributed by atoms with E-state index in [2.05, 4.69) is 11.8 Å². The summed E-state index contributed by atoms with van der Waals surface area (Å²) in [6, 6.07) is 8.11. The van der Waals surface area contributed by atoms with Gasteiger partial charge in [-0.3, -0.25) is 4.79 Å². The highest BCUT2D eigenvalue weighted by Gasteiger charge is 2.28. The molecule has 0 bridgehead atoms. The third kappa shape index (κ3) is 5.50. The summed E-state index contributed by atoms with van der Waals surface area (Å²) in [5.74, 6) is 0.692. The minimum absolute atomic E-state index is 0. The molecule has 2 atom stereocenters. The van der Waals surface area contributed by atoms with Crippen molar-refractivity contribution < 1.29 is 4.79 Å². The van der Waals surface area contributed by atoms with Crippen LogP contribution in [0.15, 0.2) is 24.3 Å². The average molecular weight is 388 g/mol. The Labute approximate surface area is 163 Å². The van der Waals surface area contributed by atoms with Crippen molar-refractivity contribution in [3.8, 4) is 0 Å². The molecule has 2 heterocycles. The van der Waals surface area contributed by atoms with Gasteiger partial charge in [-0.05, 0) is 57.2 Å². The Kier molecular flexibility index (Phi) is 9.04. The van der Waals surface area contributed by atoms with E-state index in [0.717, 1.165) is 26.1 Å². The van der Waals surface area contributed by atoms with Crippen LogP contribution in [0.25, 0.3) is 0 Å². The zero-order valence-electron chi connectivity index (χ0n) is 15.0. The van der Waals surface area contributed by atoms with Gasteiger partial charge in [-0.15, -0.1) is 24.8 Å². The molecular formula is C19H31Cl2N3O. The summed E-state index contributed by atoms with van der Waals surface area (Å²) in [6.07, 6.45) is 6.33. The van der Waals surface area contributed by atoms with Gasteiger partial charge in [-0.2, -0.15) is 0 Å². The minimum Gasteiger partial charge on any atom is -0.398 e. The quantitative estimate of drug-likeness (QED) is 0.801. The van der Waals surface area contributed by atoms with Gasteiger partial charge in [-0.1, -0.05) is 18.6 Å². The first-order valence-corrected chi connectivity index (χ1v) is 9.03. The standard InChI is InChI=1S/C19H29N3O.2ClH/c1-15-7-4-5-11-21(15)13-16-8-6-12-22(14-16)19(23)17-9-2-3-10-18(17)20;;/h2-3,9-10,15-16H,4-8,11-14,20H2,1H3;2*1H. The van der Waals surface area contributed by atoms with Gasteiger partial charge >= 0.3 is 0 Å². The lowest BCUT2D eigenvalue weighted by Gasteiger charge is -2.39. The number of amides is 1. The summed E-state index contributed by atoms with van der Waals surface area (Å²) in [6.45, 7) is 6.43. The van der Waals surface area contributed by atoms with Crippen molar-refractivity contribution in [3.63, 3.8) is 0 Å². The Balaban J connectivity index is 0.00000156. The smallest absolute Gasteiger partial charge is 0.255 e. The van der Waals surface area contributed by atoms with E-state index in [1.165, 1.54) is 32.2 Å². The van der Waals surface area contributed by atoms with Crippen molar-refractivity contribution in [1.29, 1.82) is 0 Å². The molecule has 1 amide bonds. The van der Waals surface area contributed by atoms with E-state index in [4.69, 9.17) is 5.73 Å². The minimum atomic E-state index is 0. The van der Waals surface area contributed by atoms with E-state index in [1.54, 1.807) is 0 Å². The fourth-order valence-corrected chi connectivity index (χ4v) is 4.02. The van der Waals surface area contributed by atoms with Gasteiger partial charge in [0, 0.05) is 31.4 Å². The number of likely N-dealkylation sites (tertiary alicyclic amines) is 2. The van der Waals surface area contributed by atoms with Gasteiger partial charge in [0.05, 0.1) is 5.56 Å². The summed E-state index contributed by atoms with van der Waals surface area (Å²) in [5.41, 5.74) is 7.21. The molecule has 1 aromatic rings. The first-order valence-electron chi connectivity index (χ1n) is 9.03. The third-order valence-corrected chi connectivity index (χ3v) is 5.43. The van der Waals surface area contributed by atoms with E-state index >= 15 is 0 Å². The maximum Gasteiger partial charge on any atom is 0.255 e. The van der Waals surface area contributed by atoms with Crippen molar-refractivity contribution in [1.82, 2.24) is 9.80 Å². The molecule has 3 rings (SSSR count). The van der Waals surface area contributed by atoms with Gasteiger partial charge in [0.1, 0.15) is 0 Å². The fourth-order valence-electron chi connectivity index (χ4n) is 4.02. The topological polar surface area (TPSA) is 49.6 Å². The summed E-state index contributed by atoms with van der Waals surface area (Å²) in [4.78, 5) is 17.4. The molecule has 0 aromatic heterocycles. The Morgan fingerprint density at radius 1 is 1.12 bits per heavy atom. The average Bonchev–Trinajstić information content (AvgIpc) is 2.57. The highest BCUT2D eigenvalue weighted by Crippen LogP contribution is 2.24. The van der Waals surface area contributed by atoms with Crippen LogP contribution < -0.4 is 5.73 Å². The van der Waals surface area contributed by atoms with Gasteiger partial charge in [0.2, 0.25) is 0 Å². The number of hydrogen-bond acceptors (Lipinski definition) is 3. The second kappa shape index (κ2) is 10.2. The van der Waals surface area contributed by atoms with Gasteiger partial charge < -0.3 is 15.5 Å². The van der Waals surface area contributed by atoms with E-state index in [9.17, 15) is 4.79 Å². The first kappa shape index (κ1) is 22.1. The maximum absolute atomic E-state index is 12.8. The Morgan fingerprint density at radius 2 is 1.88 bits per heavy atom. The lowest BCUT2D eigenvalue weighted by Crippen LogP contribution is -2.46. The highest BCUT2D eigenvalue weighted by molar-refractivity contribution is 5.99. The van der Waals surface area contributed by atoms with Crippen LogP contribution in [0.4, 0.5) is 5.69 Å². The SMILES string of the molecule is CC1CCCCN1CC1CCCN(C(=O)c2ccccc2N)C1.Cl.Cl. The van der Waals surface area contributed by atoms with E-state index in [-0.39, 0.29) is 30.7 Å². The summed E-state index contributed by atoms with van der Waals surface area (Å²) < 4.78 is 0. The van der Waals surface area contributed by atoms with E-state index in [0.29, 0.717) is 23.2 Å². The van der Waals surface area contributed by atoms with Gasteiger partial charge in [0.15, 0.2) is 0 Å². The number of anilines is 1. The number of para-hydroxylation sites is 1. The molecule has 2 saturated heterocycles. The van der Waals surface area contributed by atoms with Crippen molar-refractivity contribution in [3.05, 3.63) is 29.8 Å². The Morgan fingerprint density at radius 3 is 2.60 bits per heavy atom. The van der Waals surface area contributed by atoms with Crippen LogP contribution in [0.5, 0.6) is 0 Å². The summed E-state index contributed by atoms with van der Waals surface area (Å²) >= 11 is 0. The maximum atomic E-state index is 12.8. The fraction of sp³-hybridized carbons (Fsp3) is 0.632. The predicted molar refractivity (Wildman–Crippen MR) is 109 cm³/mol. The molecule has 25 heavy (non-hydrogen) atoms. The van der Waals surface area contributed by atoms with Crippen LogP contribution in [0.2, 0.25) is 0 Å². The lowest BCUT2D eigenvalue weighted by molar-refractivity contribution is 0.0595. The van der Waals surface area contributed by atoms with Gasteiger partial charge in [-0.25, -0.2) is 0 Å². The molecule has 0 radical (unpaired) electrons. The third-order valence-electron chi connectivity index (χ3n) is 5.43. The molecule has 1 aromatic carbocycles. The molecule has 0 saturated carbocycles. The zero-order valence-corrected chi connectivity index (χ0v) is 16.7. The summed E-state index contributed by atoms with van der Waals surface area (Å²) in [5, 5.41) is 0. The van der Waals surface area contributed by atoms with Crippen LogP contribution in [-0.4, -0.2) is 47.9 Å². The second-order valence-electron chi connectivity index (χ2n) is 7.19. The molecule has 2 aliphatic heterocycles. The number of carbonyl (C=O) groups excluding carboxylic acids is 1. The Hall–Kier alpha value is -0.970. The predicted octanol–water partition coefficient (Wildman–Crippen LogP) is 3.84. The van der Waals surface area contributed by atoms with E-state index < -0.39 is 0 Å². The van der Waals surface area contributed by atoms with Gasteiger partial charge in [0.25, 0.3) is 5.91 Å². The normalized spacial score (nSPS) is 24.1. The number of carbonyl (C=O) groups is 1. The second-order valence-corrected chi connectivity index (χ2v) is 7.19. The number of hydrogen-bond donors (Lipinski definition) is 1. The number of nitrogen functional groups attached to an aromatic ring is 1. The van der Waals surface area contributed by atoms with Crippen LogP contribution in [0.1, 0.15) is 49.4 Å². The molecule has 0 spiro atoms. The van der Waals surface area contributed by atoms with Crippen molar-refractivity contribution in [2.24, 2.45) is 5.92 Å². The number of benzene rings is 1. The van der Waals surface area contributed by atoms with Crippen molar-refractivity contribution >= 4 is 36.4 Å². The van der Waals surface area contributed by atoms with E-state index in [1.807, 2.05) is 29.2 Å². The first-order chi connectivity index (χ1) is 11.1. The van der Waals surface area contributed by atoms with Crippen LogP contribution in [-0.2, 0) is 0 Å². The zero-order chi connectivity index (χ0) is 16.2. The van der Waals surface area contributed by atoms with Crippen molar-refractivity contribution in [2.75, 3.05) is 31.9 Å².